The van der Waals surface area contributed by atoms with Crippen molar-refractivity contribution in [3.05, 3.63) is 0 Å². The van der Waals surface area contributed by atoms with E-state index in [2.05, 4.69) is 17.6 Å². The number of nitrogens with one attached hydrogen (secondary N) is 2. The molecule has 0 radical (unpaired) electrons. The Morgan fingerprint density at radius 3 is 2.58 bits per heavy atom. The highest BCUT2D eigenvalue weighted by Gasteiger charge is 2.23. The second-order valence-electron chi connectivity index (χ2n) is 5.97. The summed E-state index contributed by atoms with van der Waals surface area (Å²) in [5, 5.41) is 6.22. The van der Waals surface area contributed by atoms with Gasteiger partial charge in [0.1, 0.15) is 0 Å². The standard InChI is InChI=1S/C16H32N2O/c1-3-8-15(13-14-9-5-4-6-10-14)16(19)18-12-7-11-17-2/h14-15,17H,3-13H2,1-2H3,(H,18,19). The lowest BCUT2D eigenvalue weighted by molar-refractivity contribution is -0.125. The average Bonchev–Trinajstić information content (AvgIpc) is 2.44. The van der Waals surface area contributed by atoms with Gasteiger partial charge in [-0.15, -0.1) is 0 Å². The molecule has 0 aromatic heterocycles. The molecule has 1 atom stereocenters. The predicted molar refractivity (Wildman–Crippen MR) is 81.1 cm³/mol. The summed E-state index contributed by atoms with van der Waals surface area (Å²) in [4.78, 5) is 12.2. The zero-order valence-corrected chi connectivity index (χ0v) is 12.8. The summed E-state index contributed by atoms with van der Waals surface area (Å²) in [6.45, 7) is 3.97. The van der Waals surface area contributed by atoms with E-state index in [0.717, 1.165) is 44.7 Å². The molecule has 1 aliphatic carbocycles. The summed E-state index contributed by atoms with van der Waals surface area (Å²) in [7, 11) is 1.95. The van der Waals surface area contributed by atoms with E-state index >= 15 is 0 Å². The van der Waals surface area contributed by atoms with Crippen molar-refractivity contribution in [2.24, 2.45) is 11.8 Å². The summed E-state index contributed by atoms with van der Waals surface area (Å²) >= 11 is 0. The first-order chi connectivity index (χ1) is 9.27. The van der Waals surface area contributed by atoms with Gasteiger partial charge in [-0.1, -0.05) is 45.4 Å². The van der Waals surface area contributed by atoms with Crippen molar-refractivity contribution >= 4 is 5.91 Å². The molecule has 1 rings (SSSR count). The lowest BCUT2D eigenvalue weighted by Crippen LogP contribution is -2.33. The van der Waals surface area contributed by atoms with Crippen LogP contribution in [0.5, 0.6) is 0 Å². The van der Waals surface area contributed by atoms with Crippen LogP contribution in [-0.4, -0.2) is 26.0 Å². The SMILES string of the molecule is CCCC(CC1CCCCC1)C(=O)NCCCNC. The first-order valence-corrected chi connectivity index (χ1v) is 8.20. The molecule has 1 amide bonds. The Balaban J connectivity index is 2.30. The normalized spacial score (nSPS) is 18.2. The van der Waals surface area contributed by atoms with Gasteiger partial charge in [-0.3, -0.25) is 4.79 Å². The quantitative estimate of drug-likeness (QED) is 0.631. The third kappa shape index (κ3) is 6.95. The first kappa shape index (κ1) is 16.5. The summed E-state index contributed by atoms with van der Waals surface area (Å²) < 4.78 is 0. The Kier molecular flexibility index (Phi) is 8.89. The minimum Gasteiger partial charge on any atom is -0.356 e. The maximum atomic E-state index is 12.2. The van der Waals surface area contributed by atoms with Crippen LogP contribution in [0.15, 0.2) is 0 Å². The summed E-state index contributed by atoms with van der Waals surface area (Å²) in [5.41, 5.74) is 0. The highest BCUT2D eigenvalue weighted by atomic mass is 16.1. The van der Waals surface area contributed by atoms with Gasteiger partial charge >= 0.3 is 0 Å². The van der Waals surface area contributed by atoms with Gasteiger partial charge in [-0.05, 0) is 38.8 Å². The smallest absolute Gasteiger partial charge is 0.223 e. The fourth-order valence-electron chi connectivity index (χ4n) is 3.15. The summed E-state index contributed by atoms with van der Waals surface area (Å²) in [6.07, 6.45) is 11.1. The molecule has 0 heterocycles. The van der Waals surface area contributed by atoms with Crippen LogP contribution in [0.2, 0.25) is 0 Å². The molecule has 1 aliphatic rings. The molecule has 19 heavy (non-hydrogen) atoms. The van der Waals surface area contributed by atoms with Gasteiger partial charge in [0.15, 0.2) is 0 Å². The molecule has 0 saturated heterocycles. The second-order valence-corrected chi connectivity index (χ2v) is 5.97. The molecule has 0 spiro atoms. The Bertz CT molecular complexity index is 237. The van der Waals surface area contributed by atoms with Crippen LogP contribution in [0.3, 0.4) is 0 Å². The van der Waals surface area contributed by atoms with Crippen molar-refractivity contribution in [2.45, 2.75) is 64.7 Å². The molecule has 0 aliphatic heterocycles. The fraction of sp³-hybridized carbons (Fsp3) is 0.938. The molecule has 0 aromatic carbocycles. The third-order valence-corrected chi connectivity index (χ3v) is 4.25. The molecule has 0 bridgehead atoms. The van der Waals surface area contributed by atoms with E-state index in [-0.39, 0.29) is 5.92 Å². The largest absolute Gasteiger partial charge is 0.356 e. The van der Waals surface area contributed by atoms with Crippen LogP contribution in [0, 0.1) is 11.8 Å². The van der Waals surface area contributed by atoms with Crippen molar-refractivity contribution in [1.82, 2.24) is 10.6 Å². The van der Waals surface area contributed by atoms with Crippen molar-refractivity contribution in [1.29, 1.82) is 0 Å². The lowest BCUT2D eigenvalue weighted by atomic mass is 9.81. The average molecular weight is 268 g/mol. The number of hydrogen-bond donors (Lipinski definition) is 2. The first-order valence-electron chi connectivity index (χ1n) is 8.20. The summed E-state index contributed by atoms with van der Waals surface area (Å²) in [5.74, 6) is 1.35. The fourth-order valence-corrected chi connectivity index (χ4v) is 3.15. The third-order valence-electron chi connectivity index (χ3n) is 4.25. The van der Waals surface area contributed by atoms with Gasteiger partial charge in [0.05, 0.1) is 0 Å². The molecule has 0 aromatic rings. The maximum absolute atomic E-state index is 12.2. The van der Waals surface area contributed by atoms with Crippen LogP contribution in [0.1, 0.15) is 64.7 Å². The Morgan fingerprint density at radius 1 is 1.21 bits per heavy atom. The highest BCUT2D eigenvalue weighted by molar-refractivity contribution is 5.78. The highest BCUT2D eigenvalue weighted by Crippen LogP contribution is 2.30. The molecule has 112 valence electrons. The van der Waals surface area contributed by atoms with E-state index in [1.54, 1.807) is 0 Å². The number of carbonyl (C=O) groups excluding carboxylic acids is 1. The zero-order chi connectivity index (χ0) is 13.9. The number of hydrogen-bond acceptors (Lipinski definition) is 2. The van der Waals surface area contributed by atoms with E-state index in [1.807, 2.05) is 7.05 Å². The van der Waals surface area contributed by atoms with Crippen molar-refractivity contribution < 1.29 is 4.79 Å². The lowest BCUT2D eigenvalue weighted by Gasteiger charge is -2.26. The number of rotatable bonds is 9. The molecule has 1 unspecified atom stereocenters. The van der Waals surface area contributed by atoms with Crippen LogP contribution >= 0.6 is 0 Å². The number of carbonyl (C=O) groups is 1. The monoisotopic (exact) mass is 268 g/mol. The summed E-state index contributed by atoms with van der Waals surface area (Å²) in [6, 6.07) is 0. The maximum Gasteiger partial charge on any atom is 0.223 e. The molecule has 2 N–H and O–H groups in total. The molecule has 1 fully saturated rings. The van der Waals surface area contributed by atoms with E-state index in [1.165, 1.54) is 32.1 Å². The van der Waals surface area contributed by atoms with Crippen molar-refractivity contribution in [2.75, 3.05) is 20.1 Å². The van der Waals surface area contributed by atoms with Crippen LogP contribution < -0.4 is 10.6 Å². The molecular weight excluding hydrogens is 236 g/mol. The zero-order valence-electron chi connectivity index (χ0n) is 12.8. The van der Waals surface area contributed by atoms with Gasteiger partial charge in [-0.25, -0.2) is 0 Å². The molecule has 3 heteroatoms. The van der Waals surface area contributed by atoms with E-state index in [0.29, 0.717) is 5.91 Å². The van der Waals surface area contributed by atoms with Crippen LogP contribution in [0.4, 0.5) is 0 Å². The van der Waals surface area contributed by atoms with E-state index in [4.69, 9.17) is 0 Å². The van der Waals surface area contributed by atoms with E-state index in [9.17, 15) is 4.79 Å². The molecule has 3 nitrogen and oxygen atoms in total. The van der Waals surface area contributed by atoms with Crippen molar-refractivity contribution in [3.8, 4) is 0 Å². The van der Waals surface area contributed by atoms with Crippen LogP contribution in [0.25, 0.3) is 0 Å². The van der Waals surface area contributed by atoms with Gasteiger partial charge < -0.3 is 10.6 Å². The van der Waals surface area contributed by atoms with Crippen molar-refractivity contribution in [3.63, 3.8) is 0 Å². The minimum atomic E-state index is 0.252. The Labute approximate surface area is 118 Å². The Hall–Kier alpha value is -0.570. The predicted octanol–water partition coefficient (Wildman–Crippen LogP) is 3.10. The molecular formula is C16H32N2O. The van der Waals surface area contributed by atoms with Gasteiger partial charge in [0.2, 0.25) is 5.91 Å². The van der Waals surface area contributed by atoms with E-state index < -0.39 is 0 Å². The minimum absolute atomic E-state index is 0.252. The topological polar surface area (TPSA) is 41.1 Å². The van der Waals surface area contributed by atoms with Crippen LogP contribution in [-0.2, 0) is 4.79 Å². The van der Waals surface area contributed by atoms with Gasteiger partial charge in [0.25, 0.3) is 0 Å². The Morgan fingerprint density at radius 2 is 1.95 bits per heavy atom. The second kappa shape index (κ2) is 10.2. The van der Waals surface area contributed by atoms with Gasteiger partial charge in [-0.2, -0.15) is 0 Å². The number of amides is 1. The van der Waals surface area contributed by atoms with Gasteiger partial charge in [0, 0.05) is 12.5 Å². The molecule has 1 saturated carbocycles.